The Morgan fingerprint density at radius 2 is 1.00 bits per heavy atom. The molecule has 0 aliphatic carbocycles. The number of hydrogen-bond acceptors (Lipinski definition) is 0. The second-order valence-electron chi connectivity index (χ2n) is 0.247. The lowest BCUT2D eigenvalue weighted by Crippen LogP contribution is -1.47. The molecule has 0 nitrogen and oxygen atoms in total. The normalized spacial score (nSPS) is 9.00. The highest BCUT2D eigenvalue weighted by molar-refractivity contribution is 14.3. The van der Waals surface area contributed by atoms with E-state index in [4.69, 9.17) is 0 Å². The lowest BCUT2D eigenvalue weighted by molar-refractivity contribution is 2.47. The van der Waals surface area contributed by atoms with Crippen molar-refractivity contribution in [3.8, 4) is 0 Å². The van der Waals surface area contributed by atoms with Crippen LogP contribution in [0.2, 0.25) is 0 Å². The summed E-state index contributed by atoms with van der Waals surface area (Å²) >= 11 is 6.95. The van der Waals surface area contributed by atoms with Gasteiger partial charge in [-0.1, -0.05) is 67.8 Å². The SMILES string of the molecule is I[13CH](I)I. The molecule has 0 saturated heterocycles. The summed E-state index contributed by atoms with van der Waals surface area (Å²) < 4.78 is 0.743. The topological polar surface area (TPSA) is 0 Å². The van der Waals surface area contributed by atoms with Gasteiger partial charge in [0.05, 0.1) is 0 Å². The Balaban J connectivity index is 2.32. The molecule has 0 radical (unpaired) electrons. The minimum Gasteiger partial charge on any atom is -0.0592 e. The average molecular weight is 395 g/mol. The molecule has 3 heteroatoms. The fourth-order valence-corrected chi connectivity index (χ4v) is 0. The fourth-order valence-electron chi connectivity index (χ4n) is 0. The predicted molar refractivity (Wildman–Crippen MR) is 45.8 cm³/mol. The van der Waals surface area contributed by atoms with Crippen LogP contribution >= 0.6 is 67.8 Å². The summed E-state index contributed by atoms with van der Waals surface area (Å²) in [5.41, 5.74) is 0. The van der Waals surface area contributed by atoms with Crippen LogP contribution in [0.4, 0.5) is 0 Å². The monoisotopic (exact) mass is 395 g/mol. The zero-order valence-electron chi connectivity index (χ0n) is 1.71. The van der Waals surface area contributed by atoms with Gasteiger partial charge in [0.1, 0.15) is -0.0619 Å². The Labute approximate surface area is 66.5 Å². The van der Waals surface area contributed by atoms with Gasteiger partial charge < -0.3 is 0 Å². The Morgan fingerprint density at radius 1 is 1.00 bits per heavy atom. The molecule has 0 aliphatic heterocycles. The number of rotatable bonds is 0. The molecule has 0 spiro atoms. The van der Waals surface area contributed by atoms with E-state index in [9.17, 15) is 0 Å². The third-order valence-corrected chi connectivity index (χ3v) is 0. The minimum absolute atomic E-state index is 0.743. The predicted octanol–water partition coefficient (Wildman–Crippen LogP) is 2.58. The van der Waals surface area contributed by atoms with E-state index >= 15 is 0 Å². The summed E-state index contributed by atoms with van der Waals surface area (Å²) in [5.74, 6) is 0. The van der Waals surface area contributed by atoms with Gasteiger partial charge in [-0.15, -0.1) is 0 Å². The molecule has 0 atom stereocenters. The zero-order valence-corrected chi connectivity index (χ0v) is 8.18. The first-order valence-corrected chi connectivity index (χ1v) is 4.39. The number of halogens is 3. The van der Waals surface area contributed by atoms with Gasteiger partial charge in [-0.2, -0.15) is 0 Å². The maximum absolute atomic E-state index is 2.32. The quantitative estimate of drug-likeness (QED) is 0.336. The minimum atomic E-state index is 0.743. The van der Waals surface area contributed by atoms with E-state index in [2.05, 4.69) is 67.8 Å². The van der Waals surface area contributed by atoms with Crippen molar-refractivity contribution in [2.24, 2.45) is 0 Å². The molecule has 0 saturated carbocycles. The van der Waals surface area contributed by atoms with Crippen molar-refractivity contribution in [2.75, 3.05) is 0 Å². The third kappa shape index (κ3) is 8.89. The van der Waals surface area contributed by atoms with E-state index in [1.54, 1.807) is 0 Å². The van der Waals surface area contributed by atoms with Crippen molar-refractivity contribution in [2.45, 2.75) is -0.0619 Å². The van der Waals surface area contributed by atoms with E-state index in [0.29, 0.717) is 0 Å². The van der Waals surface area contributed by atoms with Gasteiger partial charge in [0.2, 0.25) is 0 Å². The number of alkyl halides is 3. The van der Waals surface area contributed by atoms with Crippen LogP contribution in [0.5, 0.6) is 0 Å². The third-order valence-electron chi connectivity index (χ3n) is 0. The van der Waals surface area contributed by atoms with Crippen LogP contribution in [0.1, 0.15) is 0 Å². The van der Waals surface area contributed by atoms with Crippen molar-refractivity contribution < 1.29 is 0 Å². The van der Waals surface area contributed by atoms with Crippen LogP contribution in [0.3, 0.4) is 0 Å². The highest BCUT2D eigenvalue weighted by Gasteiger charge is 1.76. The molecule has 0 rings (SSSR count). The molecule has 0 heterocycles. The van der Waals surface area contributed by atoms with Crippen LogP contribution in [0, 0.1) is 0 Å². The van der Waals surface area contributed by atoms with E-state index in [-0.39, 0.29) is 0 Å². The van der Waals surface area contributed by atoms with E-state index in [1.165, 1.54) is 0 Å². The largest absolute Gasteiger partial charge is 0.114 e. The molecule has 0 aromatic rings. The van der Waals surface area contributed by atoms with Crippen LogP contribution in [0.15, 0.2) is 0 Å². The Hall–Kier alpha value is 2.19. The van der Waals surface area contributed by atoms with E-state index in [1.807, 2.05) is 0 Å². The van der Waals surface area contributed by atoms with Gasteiger partial charge in [-0.25, -0.2) is 0 Å². The Kier molecular flexibility index (Phi) is 5.23. The first kappa shape index (κ1) is 6.19. The summed E-state index contributed by atoms with van der Waals surface area (Å²) in [6.45, 7) is 0. The van der Waals surface area contributed by atoms with Gasteiger partial charge in [0, 0.05) is 0 Å². The molecular formula is CHI3. The van der Waals surface area contributed by atoms with Crippen molar-refractivity contribution in [3.05, 3.63) is 0 Å². The molecular weight excluding hydrogens is 394 g/mol. The standard InChI is InChI=1S/CHI3/c2-1(3)4/h1H/i1+1. The van der Waals surface area contributed by atoms with Gasteiger partial charge in [0.25, 0.3) is 0 Å². The molecule has 0 N–H and O–H groups in total. The van der Waals surface area contributed by atoms with Gasteiger partial charge in [-0.05, 0) is 0 Å². The van der Waals surface area contributed by atoms with Crippen LogP contribution in [0.25, 0.3) is 0 Å². The molecule has 0 bridgehead atoms. The smallest absolute Gasteiger partial charge is 0.0592 e. The summed E-state index contributed by atoms with van der Waals surface area (Å²) in [4.78, 5) is 0. The molecule has 26 valence electrons. The van der Waals surface area contributed by atoms with Crippen LogP contribution in [-0.4, -0.2) is -0.0619 Å². The molecule has 0 aliphatic rings. The zero-order chi connectivity index (χ0) is 3.58. The molecule has 0 aromatic heterocycles. The average Bonchev–Trinajstić information content (AvgIpc) is 0.811. The molecule has 4 heavy (non-hydrogen) atoms. The molecule has 0 fully saturated rings. The molecule has 0 unspecified atom stereocenters. The maximum Gasteiger partial charge on any atom is 0.114 e. The first-order chi connectivity index (χ1) is 1.73. The Bertz CT molecular complexity index is 8.00. The van der Waals surface area contributed by atoms with Crippen LogP contribution in [-0.2, 0) is 0 Å². The second kappa shape index (κ2) is 3.38. The van der Waals surface area contributed by atoms with Gasteiger partial charge in [-0.3, -0.25) is 0 Å². The van der Waals surface area contributed by atoms with Crippen LogP contribution < -0.4 is 0 Å². The highest BCUT2D eigenvalue weighted by Crippen LogP contribution is 2.16. The Morgan fingerprint density at radius 3 is 1.00 bits per heavy atom. The highest BCUT2D eigenvalue weighted by atomic mass is 127. The number of hydrogen-bond donors (Lipinski definition) is 0. The summed E-state index contributed by atoms with van der Waals surface area (Å²) in [7, 11) is 0. The van der Waals surface area contributed by atoms with Crippen molar-refractivity contribution in [3.63, 3.8) is 0 Å². The summed E-state index contributed by atoms with van der Waals surface area (Å²) in [6, 6.07) is 0. The summed E-state index contributed by atoms with van der Waals surface area (Å²) in [6.07, 6.45) is 0. The van der Waals surface area contributed by atoms with Gasteiger partial charge in [0.15, 0.2) is 0 Å². The first-order valence-electron chi connectivity index (χ1n) is 0.655. The van der Waals surface area contributed by atoms with Gasteiger partial charge >= 0.3 is 0 Å². The maximum atomic E-state index is 2.32. The summed E-state index contributed by atoms with van der Waals surface area (Å²) in [5, 5.41) is 0. The van der Waals surface area contributed by atoms with Crippen molar-refractivity contribution in [1.82, 2.24) is 0 Å². The molecule has 0 amide bonds. The lowest BCUT2D eigenvalue weighted by Gasteiger charge is -1.71. The molecule has 0 aromatic carbocycles. The van der Waals surface area contributed by atoms with Crippen molar-refractivity contribution in [1.29, 1.82) is 0 Å². The van der Waals surface area contributed by atoms with Crippen molar-refractivity contribution >= 4 is 67.8 Å². The van der Waals surface area contributed by atoms with E-state index in [0.717, 1.165) is -0.0619 Å². The van der Waals surface area contributed by atoms with E-state index < -0.39 is 0 Å². The second-order valence-corrected chi connectivity index (χ2v) is 11.1. The lowest BCUT2D eigenvalue weighted by atomic mass is 13.0. The fraction of sp³-hybridized carbons (Fsp3) is 1.00.